The Bertz CT molecular complexity index is 1500. The number of nitrogens with one attached hydrogen (secondary N) is 2. The summed E-state index contributed by atoms with van der Waals surface area (Å²) in [6.45, 7) is 5.06. The van der Waals surface area contributed by atoms with Gasteiger partial charge in [-0.25, -0.2) is 4.98 Å². The molecule has 4 N–H and O–H groups in total. The molecule has 0 bridgehead atoms. The topological polar surface area (TPSA) is 98.9 Å². The van der Waals surface area contributed by atoms with Gasteiger partial charge in [0.25, 0.3) is 5.91 Å². The minimum Gasteiger partial charge on any atom is -0.370 e. The van der Waals surface area contributed by atoms with Crippen molar-refractivity contribution in [3.63, 3.8) is 0 Å². The first-order valence-electron chi connectivity index (χ1n) is 13.0. The molecular formula is C30H32F3N7O. The van der Waals surface area contributed by atoms with E-state index in [1.807, 2.05) is 18.9 Å². The van der Waals surface area contributed by atoms with Gasteiger partial charge in [0.1, 0.15) is 5.82 Å². The monoisotopic (exact) mass is 563 g/mol. The molecule has 1 saturated heterocycles. The molecule has 8 nitrogen and oxygen atoms in total. The van der Waals surface area contributed by atoms with Gasteiger partial charge in [-0.1, -0.05) is 24.0 Å². The lowest BCUT2D eigenvalue weighted by Gasteiger charge is -2.33. The van der Waals surface area contributed by atoms with E-state index in [0.29, 0.717) is 30.0 Å². The summed E-state index contributed by atoms with van der Waals surface area (Å²) in [7, 11) is 3.54. The zero-order valence-corrected chi connectivity index (χ0v) is 23.1. The standard InChI is InChI=1S/C30H32F3N7O/c1-20-6-7-23(17-22(20)9-8-21-5-4-12-36-27(21)38-29(34)35-2)28(41)37-25-11-10-24(26(18-25)30(31,32)33)19-40-15-13-39(3)14-16-40/h4-7,10-12,17-18H,13-16,19H2,1-3H3,(H,37,41)(H3,34,35,36,38). The molecule has 0 aliphatic carbocycles. The van der Waals surface area contributed by atoms with E-state index < -0.39 is 17.6 Å². The second kappa shape index (κ2) is 12.8. The molecule has 0 unspecified atom stereocenters. The average molecular weight is 564 g/mol. The van der Waals surface area contributed by atoms with E-state index in [9.17, 15) is 18.0 Å². The Hall–Kier alpha value is -4.40. The summed E-state index contributed by atoms with van der Waals surface area (Å²) in [6, 6.07) is 12.4. The van der Waals surface area contributed by atoms with Crippen LogP contribution < -0.4 is 16.4 Å². The van der Waals surface area contributed by atoms with E-state index in [2.05, 4.69) is 37.4 Å². The molecule has 2 heterocycles. The first kappa shape index (κ1) is 29.6. The van der Waals surface area contributed by atoms with Gasteiger partial charge in [-0.05, 0) is 61.5 Å². The molecule has 41 heavy (non-hydrogen) atoms. The number of carbonyl (C=O) groups is 1. The van der Waals surface area contributed by atoms with E-state index >= 15 is 0 Å². The van der Waals surface area contributed by atoms with Gasteiger partial charge in [0, 0.05) is 62.8 Å². The molecule has 214 valence electrons. The number of benzene rings is 2. The number of aliphatic imine (C=N–C) groups is 1. The van der Waals surface area contributed by atoms with Crippen LogP contribution in [-0.2, 0) is 12.7 Å². The Kier molecular flexibility index (Phi) is 9.27. The fourth-order valence-corrected chi connectivity index (χ4v) is 4.32. The van der Waals surface area contributed by atoms with Crippen molar-refractivity contribution in [3.05, 3.63) is 88.1 Å². The molecule has 1 fully saturated rings. The predicted molar refractivity (Wildman–Crippen MR) is 155 cm³/mol. The Morgan fingerprint density at radius 1 is 1.05 bits per heavy atom. The van der Waals surface area contributed by atoms with Gasteiger partial charge < -0.3 is 21.3 Å². The molecule has 3 aromatic rings. The first-order chi connectivity index (χ1) is 19.5. The number of rotatable bonds is 5. The van der Waals surface area contributed by atoms with Gasteiger partial charge in [-0.2, -0.15) is 13.2 Å². The number of aromatic nitrogens is 1. The van der Waals surface area contributed by atoms with Crippen LogP contribution in [0.25, 0.3) is 0 Å². The summed E-state index contributed by atoms with van der Waals surface area (Å²) in [4.78, 5) is 25.3. The number of halogens is 3. The largest absolute Gasteiger partial charge is 0.416 e. The number of carbonyl (C=O) groups excluding carboxylic acids is 1. The fourth-order valence-electron chi connectivity index (χ4n) is 4.32. The normalized spacial score (nSPS) is 14.7. The van der Waals surface area contributed by atoms with Gasteiger partial charge in [-0.15, -0.1) is 0 Å². The number of amides is 1. The van der Waals surface area contributed by atoms with Gasteiger partial charge in [-0.3, -0.25) is 14.7 Å². The molecule has 1 aromatic heterocycles. The van der Waals surface area contributed by atoms with Crippen molar-refractivity contribution in [2.24, 2.45) is 10.7 Å². The van der Waals surface area contributed by atoms with Crippen LogP contribution in [0.4, 0.5) is 24.7 Å². The second-order valence-electron chi connectivity index (χ2n) is 9.82. The fraction of sp³-hybridized carbons (Fsp3) is 0.300. The maximum Gasteiger partial charge on any atom is 0.416 e. The van der Waals surface area contributed by atoms with Gasteiger partial charge in [0.2, 0.25) is 0 Å². The average Bonchev–Trinajstić information content (AvgIpc) is 2.94. The number of aryl methyl sites for hydroxylation is 1. The van der Waals surface area contributed by atoms with Gasteiger partial charge in [0.05, 0.1) is 11.1 Å². The van der Waals surface area contributed by atoms with Crippen LogP contribution in [0.15, 0.2) is 59.7 Å². The van der Waals surface area contributed by atoms with Crippen LogP contribution in [0.5, 0.6) is 0 Å². The maximum atomic E-state index is 14.0. The summed E-state index contributed by atoms with van der Waals surface area (Å²) >= 11 is 0. The highest BCUT2D eigenvalue weighted by molar-refractivity contribution is 6.04. The zero-order valence-electron chi connectivity index (χ0n) is 23.1. The lowest BCUT2D eigenvalue weighted by Crippen LogP contribution is -2.44. The lowest BCUT2D eigenvalue weighted by molar-refractivity contribution is -0.138. The third-order valence-corrected chi connectivity index (χ3v) is 6.79. The quantitative estimate of drug-likeness (QED) is 0.245. The molecule has 1 aliphatic heterocycles. The molecule has 11 heteroatoms. The number of anilines is 2. The number of nitrogens with zero attached hydrogens (tertiary/aromatic N) is 4. The van der Waals surface area contributed by atoms with Crippen molar-refractivity contribution < 1.29 is 18.0 Å². The van der Waals surface area contributed by atoms with E-state index in [0.717, 1.165) is 24.7 Å². The SMILES string of the molecule is CN=C(N)Nc1ncccc1C#Cc1cc(C(=O)Nc2ccc(CN3CCN(C)CC3)c(C(F)(F)F)c2)ccc1C. The summed E-state index contributed by atoms with van der Waals surface area (Å²) < 4.78 is 41.9. The van der Waals surface area contributed by atoms with Crippen molar-refractivity contribution in [2.75, 3.05) is 50.9 Å². The molecule has 0 radical (unpaired) electrons. The number of likely N-dealkylation sites (N-methyl/N-ethyl adjacent to an activating group) is 1. The molecule has 1 amide bonds. The summed E-state index contributed by atoms with van der Waals surface area (Å²) in [6.07, 6.45) is -2.96. The van der Waals surface area contributed by atoms with Gasteiger partial charge >= 0.3 is 6.18 Å². The van der Waals surface area contributed by atoms with Crippen molar-refractivity contribution in [2.45, 2.75) is 19.6 Å². The number of guanidine groups is 1. The lowest BCUT2D eigenvalue weighted by atomic mass is 10.0. The van der Waals surface area contributed by atoms with E-state index in [4.69, 9.17) is 5.73 Å². The Morgan fingerprint density at radius 3 is 2.49 bits per heavy atom. The first-order valence-corrected chi connectivity index (χ1v) is 13.0. The number of alkyl halides is 3. The van der Waals surface area contributed by atoms with Crippen LogP contribution >= 0.6 is 0 Å². The minimum atomic E-state index is -4.55. The predicted octanol–water partition coefficient (Wildman–Crippen LogP) is 4.16. The molecule has 2 aromatic carbocycles. The smallest absolute Gasteiger partial charge is 0.370 e. The second-order valence-corrected chi connectivity index (χ2v) is 9.82. The zero-order chi connectivity index (χ0) is 29.6. The highest BCUT2D eigenvalue weighted by Crippen LogP contribution is 2.34. The Balaban J connectivity index is 1.54. The van der Waals surface area contributed by atoms with E-state index in [1.165, 1.54) is 12.1 Å². The third kappa shape index (κ3) is 7.84. The van der Waals surface area contributed by atoms with Crippen molar-refractivity contribution in [1.29, 1.82) is 0 Å². The Labute approximate surface area is 237 Å². The minimum absolute atomic E-state index is 0.0684. The third-order valence-electron chi connectivity index (χ3n) is 6.79. The van der Waals surface area contributed by atoms with Crippen LogP contribution in [-0.4, -0.2) is 66.9 Å². The highest BCUT2D eigenvalue weighted by atomic mass is 19.4. The maximum absolute atomic E-state index is 14.0. The molecular weight excluding hydrogens is 531 g/mol. The Morgan fingerprint density at radius 2 is 1.78 bits per heavy atom. The number of pyridine rings is 1. The molecule has 1 aliphatic rings. The molecule has 0 saturated carbocycles. The number of piperazine rings is 1. The van der Waals surface area contributed by atoms with Crippen LogP contribution in [0, 0.1) is 18.8 Å². The van der Waals surface area contributed by atoms with Crippen LogP contribution in [0.1, 0.15) is 38.2 Å². The summed E-state index contributed by atoms with van der Waals surface area (Å²) in [5.41, 5.74) is 7.51. The van der Waals surface area contributed by atoms with Crippen molar-refractivity contribution in [1.82, 2.24) is 14.8 Å². The van der Waals surface area contributed by atoms with Crippen molar-refractivity contribution >= 4 is 23.4 Å². The molecule has 0 spiro atoms. The van der Waals surface area contributed by atoms with Gasteiger partial charge in [0.15, 0.2) is 5.96 Å². The van der Waals surface area contributed by atoms with Crippen molar-refractivity contribution in [3.8, 4) is 11.8 Å². The number of nitrogens with two attached hydrogens (primary N) is 1. The summed E-state index contributed by atoms with van der Waals surface area (Å²) in [5.74, 6) is 6.16. The molecule has 4 rings (SSSR count). The van der Waals surface area contributed by atoms with Crippen LogP contribution in [0.3, 0.4) is 0 Å². The summed E-state index contributed by atoms with van der Waals surface area (Å²) in [5, 5.41) is 5.49. The number of hydrogen-bond acceptors (Lipinski definition) is 5. The number of hydrogen-bond donors (Lipinski definition) is 3. The molecule has 0 atom stereocenters. The highest BCUT2D eigenvalue weighted by Gasteiger charge is 2.34. The van der Waals surface area contributed by atoms with E-state index in [1.54, 1.807) is 43.6 Å². The van der Waals surface area contributed by atoms with E-state index in [-0.39, 0.29) is 29.3 Å². The van der Waals surface area contributed by atoms with Crippen LogP contribution in [0.2, 0.25) is 0 Å².